The Morgan fingerprint density at radius 1 is 1.37 bits per heavy atom. The average Bonchev–Trinajstić information content (AvgIpc) is 3.08. The highest BCUT2D eigenvalue weighted by Gasteiger charge is 2.24. The largest absolute Gasteiger partial charge is 0.438 e. The molecule has 0 spiro atoms. The Morgan fingerprint density at radius 2 is 2.22 bits per heavy atom. The van der Waals surface area contributed by atoms with Crippen LogP contribution in [-0.4, -0.2) is 39.8 Å². The van der Waals surface area contributed by atoms with Crippen molar-refractivity contribution >= 4 is 34.4 Å². The first-order chi connectivity index (χ1) is 13.0. The molecule has 0 saturated carbocycles. The zero-order valence-corrected chi connectivity index (χ0v) is 15.2. The lowest BCUT2D eigenvalue weighted by Gasteiger charge is -2.24. The number of hydrogen-bond acceptors (Lipinski definition) is 7. The monoisotopic (exact) mass is 369 g/mol. The number of rotatable bonds is 3. The summed E-state index contributed by atoms with van der Waals surface area (Å²) < 4.78 is 7.21. The molecule has 1 atom stereocenters. The van der Waals surface area contributed by atoms with E-state index >= 15 is 0 Å². The summed E-state index contributed by atoms with van der Waals surface area (Å²) in [7, 11) is 1.86. The van der Waals surface area contributed by atoms with Gasteiger partial charge in [-0.05, 0) is 31.4 Å². The topological polar surface area (TPSA) is 128 Å². The molecule has 4 rings (SSSR count). The van der Waals surface area contributed by atoms with Crippen LogP contribution in [0.5, 0.6) is 0 Å². The number of nitrogens with one attached hydrogen (secondary N) is 1. The summed E-state index contributed by atoms with van der Waals surface area (Å²) in [6.45, 7) is 1.69. The van der Waals surface area contributed by atoms with Gasteiger partial charge < -0.3 is 26.1 Å². The Hall–Kier alpha value is -3.07. The molecule has 27 heavy (non-hydrogen) atoms. The van der Waals surface area contributed by atoms with Gasteiger partial charge in [0, 0.05) is 32.4 Å². The summed E-state index contributed by atoms with van der Waals surface area (Å²) in [5.41, 5.74) is 13.8. The van der Waals surface area contributed by atoms with Gasteiger partial charge in [-0.25, -0.2) is 0 Å². The fourth-order valence-corrected chi connectivity index (χ4v) is 3.58. The second-order valence-electron chi connectivity index (χ2n) is 6.83. The van der Waals surface area contributed by atoms with Crippen LogP contribution in [0.25, 0.3) is 11.1 Å². The van der Waals surface area contributed by atoms with E-state index in [9.17, 15) is 4.79 Å². The maximum absolute atomic E-state index is 12.9. The summed E-state index contributed by atoms with van der Waals surface area (Å²) in [4.78, 5) is 19.3. The van der Waals surface area contributed by atoms with Crippen molar-refractivity contribution in [3.63, 3.8) is 0 Å². The van der Waals surface area contributed by atoms with Crippen LogP contribution < -0.4 is 21.7 Å². The normalized spacial score (nSPS) is 17.9. The smallest absolute Gasteiger partial charge is 0.263 e. The maximum Gasteiger partial charge on any atom is 0.263 e. The van der Waals surface area contributed by atoms with Crippen LogP contribution in [0.4, 0.5) is 17.4 Å². The molecule has 0 unspecified atom stereocenters. The fourth-order valence-electron chi connectivity index (χ4n) is 3.58. The quantitative estimate of drug-likeness (QED) is 0.641. The Bertz CT molecular complexity index is 977. The minimum absolute atomic E-state index is 0.0485. The van der Waals surface area contributed by atoms with Gasteiger partial charge in [0.15, 0.2) is 11.4 Å². The van der Waals surface area contributed by atoms with Gasteiger partial charge in [0.05, 0.1) is 6.20 Å². The van der Waals surface area contributed by atoms with E-state index in [-0.39, 0.29) is 23.4 Å². The first-order valence-electron chi connectivity index (χ1n) is 9.01. The Morgan fingerprint density at radius 3 is 3.07 bits per heavy atom. The van der Waals surface area contributed by atoms with E-state index in [0.717, 1.165) is 38.2 Å². The molecule has 9 nitrogen and oxygen atoms in total. The molecule has 1 aliphatic rings. The van der Waals surface area contributed by atoms with Crippen LogP contribution in [0.3, 0.4) is 0 Å². The van der Waals surface area contributed by atoms with Crippen molar-refractivity contribution in [1.29, 1.82) is 0 Å². The number of hydrogen-bond donors (Lipinski definition) is 3. The lowest BCUT2D eigenvalue weighted by Crippen LogP contribution is -2.29. The van der Waals surface area contributed by atoms with Gasteiger partial charge in [-0.2, -0.15) is 5.10 Å². The number of pyridine rings is 1. The molecule has 3 aromatic rings. The SMILES string of the molecule is Cn1ncc(NC(=O)c2c(N)oc3cccnc23)c1N1CCC[C@@H](N)CC1. The Balaban J connectivity index is 1.63. The molecule has 0 aliphatic carbocycles. The van der Waals surface area contributed by atoms with Crippen LogP contribution >= 0.6 is 0 Å². The molecule has 4 heterocycles. The molecule has 1 amide bonds. The zero-order chi connectivity index (χ0) is 19.0. The molecule has 9 heteroatoms. The zero-order valence-electron chi connectivity index (χ0n) is 15.2. The number of amides is 1. The van der Waals surface area contributed by atoms with E-state index in [1.807, 2.05) is 7.05 Å². The van der Waals surface area contributed by atoms with Crippen molar-refractivity contribution in [2.45, 2.75) is 25.3 Å². The Labute approximate surface area is 156 Å². The second-order valence-corrected chi connectivity index (χ2v) is 6.83. The highest BCUT2D eigenvalue weighted by Crippen LogP contribution is 2.30. The molecular weight excluding hydrogens is 346 g/mol. The number of aryl methyl sites for hydroxylation is 1. The van der Waals surface area contributed by atoms with Gasteiger partial charge in [0.25, 0.3) is 5.91 Å². The van der Waals surface area contributed by atoms with Crippen LogP contribution in [0.1, 0.15) is 29.6 Å². The lowest BCUT2D eigenvalue weighted by atomic mass is 10.1. The molecule has 1 fully saturated rings. The minimum Gasteiger partial charge on any atom is -0.438 e. The molecule has 3 aromatic heterocycles. The summed E-state index contributed by atoms with van der Waals surface area (Å²) in [5, 5.41) is 7.24. The van der Waals surface area contributed by atoms with Crippen LogP contribution in [0.15, 0.2) is 28.9 Å². The van der Waals surface area contributed by atoms with E-state index in [0.29, 0.717) is 16.8 Å². The maximum atomic E-state index is 12.9. The number of anilines is 3. The molecular formula is C18H23N7O2. The predicted molar refractivity (Wildman–Crippen MR) is 104 cm³/mol. The molecule has 5 N–H and O–H groups in total. The van der Waals surface area contributed by atoms with Crippen LogP contribution in [0.2, 0.25) is 0 Å². The molecule has 0 aromatic carbocycles. The highest BCUT2D eigenvalue weighted by molar-refractivity contribution is 6.15. The van der Waals surface area contributed by atoms with E-state index in [4.69, 9.17) is 15.9 Å². The molecule has 1 aliphatic heterocycles. The second kappa shape index (κ2) is 6.92. The number of nitrogens with two attached hydrogens (primary N) is 2. The van der Waals surface area contributed by atoms with E-state index in [1.165, 1.54) is 0 Å². The number of furan rings is 1. The number of carbonyl (C=O) groups excluding carboxylic acids is 1. The highest BCUT2D eigenvalue weighted by atomic mass is 16.3. The third-order valence-corrected chi connectivity index (χ3v) is 4.93. The van der Waals surface area contributed by atoms with E-state index < -0.39 is 0 Å². The molecule has 0 bridgehead atoms. The van der Waals surface area contributed by atoms with Crippen LogP contribution in [-0.2, 0) is 7.05 Å². The number of nitrogen functional groups attached to an aromatic ring is 1. The van der Waals surface area contributed by atoms with Gasteiger partial charge >= 0.3 is 0 Å². The van der Waals surface area contributed by atoms with E-state index in [1.54, 1.807) is 29.2 Å². The number of nitrogens with zero attached hydrogens (tertiary/aromatic N) is 4. The van der Waals surface area contributed by atoms with Crippen molar-refractivity contribution in [2.75, 3.05) is 29.0 Å². The summed E-state index contributed by atoms with van der Waals surface area (Å²) >= 11 is 0. The van der Waals surface area contributed by atoms with Gasteiger partial charge in [-0.15, -0.1) is 0 Å². The number of fused-ring (bicyclic) bond motifs is 1. The van der Waals surface area contributed by atoms with Gasteiger partial charge in [0.1, 0.15) is 16.8 Å². The minimum atomic E-state index is -0.370. The van der Waals surface area contributed by atoms with Gasteiger partial charge in [0.2, 0.25) is 5.88 Å². The van der Waals surface area contributed by atoms with Crippen LogP contribution in [0, 0.1) is 0 Å². The molecule has 142 valence electrons. The van der Waals surface area contributed by atoms with E-state index in [2.05, 4.69) is 20.3 Å². The third kappa shape index (κ3) is 3.21. The summed E-state index contributed by atoms with van der Waals surface area (Å²) in [5.74, 6) is 0.537. The molecule has 0 radical (unpaired) electrons. The van der Waals surface area contributed by atoms with Crippen molar-refractivity contribution in [3.8, 4) is 0 Å². The van der Waals surface area contributed by atoms with Gasteiger partial charge in [-0.3, -0.25) is 14.5 Å². The first-order valence-corrected chi connectivity index (χ1v) is 9.01. The fraction of sp³-hybridized carbons (Fsp3) is 0.389. The first kappa shape index (κ1) is 17.3. The van der Waals surface area contributed by atoms with Crippen molar-refractivity contribution in [1.82, 2.24) is 14.8 Å². The summed E-state index contributed by atoms with van der Waals surface area (Å²) in [6.07, 6.45) is 6.15. The van der Waals surface area contributed by atoms with Crippen molar-refractivity contribution in [2.24, 2.45) is 12.8 Å². The summed E-state index contributed by atoms with van der Waals surface area (Å²) in [6, 6.07) is 3.67. The predicted octanol–water partition coefficient (Wildman–Crippen LogP) is 1.71. The average molecular weight is 369 g/mol. The number of aromatic nitrogens is 3. The molecule has 1 saturated heterocycles. The lowest BCUT2D eigenvalue weighted by molar-refractivity contribution is 0.102. The van der Waals surface area contributed by atoms with Gasteiger partial charge in [-0.1, -0.05) is 0 Å². The number of carbonyl (C=O) groups is 1. The Kier molecular flexibility index (Phi) is 4.44. The van der Waals surface area contributed by atoms with Crippen molar-refractivity contribution in [3.05, 3.63) is 30.1 Å². The third-order valence-electron chi connectivity index (χ3n) is 4.93. The van der Waals surface area contributed by atoms with Crippen molar-refractivity contribution < 1.29 is 9.21 Å². The standard InChI is InChI=1S/C18H23N7O2/c1-24-18(25-8-3-4-11(19)6-9-25)12(10-22-24)23-17(26)14-15-13(27-16(14)20)5-2-7-21-15/h2,5,7,10-11H,3-4,6,8-9,19-20H2,1H3,(H,23,26)/t11-/m1/s1.